The van der Waals surface area contributed by atoms with Gasteiger partial charge >= 0.3 is 5.97 Å². The van der Waals surface area contributed by atoms with Crippen molar-refractivity contribution in [3.8, 4) is 0 Å². The van der Waals surface area contributed by atoms with E-state index in [1.54, 1.807) is 31.5 Å². The van der Waals surface area contributed by atoms with Gasteiger partial charge in [0.1, 0.15) is 0 Å². The van der Waals surface area contributed by atoms with Gasteiger partial charge in [-0.05, 0) is 24.1 Å². The molecule has 2 amide bonds. The van der Waals surface area contributed by atoms with Crippen molar-refractivity contribution in [1.29, 1.82) is 0 Å². The van der Waals surface area contributed by atoms with Crippen molar-refractivity contribution in [3.05, 3.63) is 66.0 Å². The number of hydrogen-bond donors (Lipinski definition) is 4. The average Bonchev–Trinajstić information content (AvgIpc) is 2.83. The maximum Gasteiger partial charge on any atom is 0.308 e. The molecular formula is C23H30N6O4. The number of carbonyl (C=O) groups is 3. The lowest BCUT2D eigenvalue weighted by Crippen LogP contribution is -2.39. The molecule has 0 bridgehead atoms. The zero-order valence-electron chi connectivity index (χ0n) is 18.6. The van der Waals surface area contributed by atoms with Crippen LogP contribution in [0.1, 0.15) is 42.9 Å². The molecule has 1 heterocycles. The van der Waals surface area contributed by atoms with Gasteiger partial charge in [-0.2, -0.15) is 0 Å². The molecule has 10 nitrogen and oxygen atoms in total. The highest BCUT2D eigenvalue weighted by Gasteiger charge is 2.21. The van der Waals surface area contributed by atoms with E-state index in [9.17, 15) is 14.4 Å². The Bertz CT molecular complexity index is 908. The minimum absolute atomic E-state index is 0.0392. The SMILES string of the molecule is CCOC(=O)CC(NC(=O)CNC(=O)CC(CN=CNN)c1ccccc1)c1cccnc1. The van der Waals surface area contributed by atoms with Gasteiger partial charge in [-0.15, -0.1) is 0 Å². The molecule has 0 spiro atoms. The van der Waals surface area contributed by atoms with Crippen molar-refractivity contribution in [2.45, 2.75) is 31.7 Å². The van der Waals surface area contributed by atoms with Crippen LogP contribution in [0.4, 0.5) is 0 Å². The van der Waals surface area contributed by atoms with Crippen molar-refractivity contribution < 1.29 is 19.1 Å². The van der Waals surface area contributed by atoms with E-state index in [1.165, 1.54) is 6.34 Å². The fourth-order valence-corrected chi connectivity index (χ4v) is 3.19. The predicted octanol–water partition coefficient (Wildman–Crippen LogP) is 0.974. The zero-order chi connectivity index (χ0) is 23.9. The Hall–Kier alpha value is -3.79. The molecule has 2 aromatic rings. The first kappa shape index (κ1) is 25.5. The van der Waals surface area contributed by atoms with Crippen LogP contribution < -0.4 is 21.9 Å². The summed E-state index contributed by atoms with van der Waals surface area (Å²) in [6, 6.07) is 12.4. The maximum absolute atomic E-state index is 12.5. The van der Waals surface area contributed by atoms with Crippen LogP contribution in [-0.4, -0.2) is 48.8 Å². The maximum atomic E-state index is 12.5. The molecule has 176 valence electrons. The average molecular weight is 455 g/mol. The van der Waals surface area contributed by atoms with Crippen LogP contribution >= 0.6 is 0 Å². The summed E-state index contributed by atoms with van der Waals surface area (Å²) in [6.45, 7) is 2.09. The van der Waals surface area contributed by atoms with Gasteiger partial charge in [0.25, 0.3) is 0 Å². The summed E-state index contributed by atoms with van der Waals surface area (Å²) in [4.78, 5) is 45.2. The summed E-state index contributed by atoms with van der Waals surface area (Å²) in [5, 5.41) is 5.40. The Labute approximate surface area is 193 Å². The Morgan fingerprint density at radius 1 is 1.09 bits per heavy atom. The molecule has 2 unspecified atom stereocenters. The highest BCUT2D eigenvalue weighted by atomic mass is 16.5. The Balaban J connectivity index is 1.94. The van der Waals surface area contributed by atoms with E-state index < -0.39 is 17.9 Å². The first-order valence-corrected chi connectivity index (χ1v) is 10.6. The number of aliphatic imine (C=N–C) groups is 1. The monoisotopic (exact) mass is 454 g/mol. The molecule has 0 fully saturated rings. The van der Waals surface area contributed by atoms with Crippen LogP contribution in [0.2, 0.25) is 0 Å². The topological polar surface area (TPSA) is 148 Å². The summed E-state index contributed by atoms with van der Waals surface area (Å²) in [6.07, 6.45) is 4.65. The van der Waals surface area contributed by atoms with Crippen molar-refractivity contribution >= 4 is 24.1 Å². The number of hydrazine groups is 1. The molecule has 0 aliphatic carbocycles. The van der Waals surface area contributed by atoms with Gasteiger partial charge in [0, 0.05) is 31.3 Å². The van der Waals surface area contributed by atoms with Crippen LogP contribution in [-0.2, 0) is 19.1 Å². The van der Waals surface area contributed by atoms with E-state index in [-0.39, 0.29) is 37.8 Å². The number of aromatic nitrogens is 1. The summed E-state index contributed by atoms with van der Waals surface area (Å²) in [5.74, 6) is 3.88. The Kier molecular flexibility index (Phi) is 11.0. The van der Waals surface area contributed by atoms with Crippen LogP contribution in [0.3, 0.4) is 0 Å². The molecular weight excluding hydrogens is 424 g/mol. The number of rotatable bonds is 13. The third-order valence-electron chi connectivity index (χ3n) is 4.74. The molecule has 0 radical (unpaired) electrons. The van der Waals surface area contributed by atoms with Crippen molar-refractivity contribution in [2.24, 2.45) is 10.8 Å². The fraction of sp³-hybridized carbons (Fsp3) is 0.348. The van der Waals surface area contributed by atoms with Gasteiger partial charge in [0.2, 0.25) is 11.8 Å². The molecule has 2 atom stereocenters. The van der Waals surface area contributed by atoms with E-state index in [0.29, 0.717) is 12.1 Å². The van der Waals surface area contributed by atoms with Gasteiger partial charge in [-0.25, -0.2) is 5.84 Å². The quantitative estimate of drug-likeness (QED) is 0.116. The lowest BCUT2D eigenvalue weighted by molar-refractivity contribution is -0.144. The summed E-state index contributed by atoms with van der Waals surface area (Å²) >= 11 is 0. The van der Waals surface area contributed by atoms with Crippen LogP contribution in [0, 0.1) is 0 Å². The lowest BCUT2D eigenvalue weighted by Gasteiger charge is -2.19. The number of ether oxygens (including phenoxy) is 1. The third kappa shape index (κ3) is 9.48. The lowest BCUT2D eigenvalue weighted by atomic mass is 9.95. The molecule has 1 aromatic carbocycles. The summed E-state index contributed by atoms with van der Waals surface area (Å²) < 4.78 is 5.00. The minimum atomic E-state index is -0.614. The second kappa shape index (κ2) is 14.3. The normalized spacial score (nSPS) is 12.5. The number of benzene rings is 1. The predicted molar refractivity (Wildman–Crippen MR) is 124 cm³/mol. The molecule has 0 saturated heterocycles. The number of nitrogens with one attached hydrogen (secondary N) is 3. The van der Waals surface area contributed by atoms with Gasteiger partial charge < -0.3 is 20.8 Å². The van der Waals surface area contributed by atoms with Gasteiger partial charge in [0.05, 0.1) is 32.0 Å². The van der Waals surface area contributed by atoms with Gasteiger partial charge in [-0.1, -0.05) is 36.4 Å². The number of amides is 2. The summed E-state index contributed by atoms with van der Waals surface area (Å²) in [5.41, 5.74) is 3.96. The van der Waals surface area contributed by atoms with E-state index >= 15 is 0 Å². The van der Waals surface area contributed by atoms with Gasteiger partial charge in [0.15, 0.2) is 0 Å². The highest BCUT2D eigenvalue weighted by Crippen LogP contribution is 2.20. The zero-order valence-corrected chi connectivity index (χ0v) is 18.6. The number of nitrogens with zero attached hydrogens (tertiary/aromatic N) is 2. The number of esters is 1. The molecule has 10 heteroatoms. The van der Waals surface area contributed by atoms with Crippen LogP contribution in [0.15, 0.2) is 59.9 Å². The number of carbonyl (C=O) groups excluding carboxylic acids is 3. The number of nitrogens with two attached hydrogens (primary N) is 1. The van der Waals surface area contributed by atoms with Crippen molar-refractivity contribution in [2.75, 3.05) is 19.7 Å². The smallest absolute Gasteiger partial charge is 0.308 e. The number of pyridine rings is 1. The van der Waals surface area contributed by atoms with E-state index in [4.69, 9.17) is 10.6 Å². The standard InChI is InChI=1S/C23H30N6O4/c1-2-33-23(32)12-20(18-9-6-10-25-13-18)29-22(31)15-27-21(30)11-19(14-26-16-28-24)17-7-4-3-5-8-17/h3-10,13,16,19-20H,2,11-12,14-15,24H2,1H3,(H,26,28)(H,27,30)(H,29,31). The van der Waals surface area contributed by atoms with Gasteiger partial charge in [-0.3, -0.25) is 24.4 Å². The molecule has 0 aliphatic rings. The van der Waals surface area contributed by atoms with Crippen LogP contribution in [0.5, 0.6) is 0 Å². The van der Waals surface area contributed by atoms with E-state index in [0.717, 1.165) is 5.56 Å². The molecule has 33 heavy (non-hydrogen) atoms. The second-order valence-corrected chi connectivity index (χ2v) is 7.16. The number of hydrogen-bond acceptors (Lipinski definition) is 7. The van der Waals surface area contributed by atoms with E-state index in [1.807, 2.05) is 30.3 Å². The second-order valence-electron chi connectivity index (χ2n) is 7.16. The minimum Gasteiger partial charge on any atom is -0.466 e. The van der Waals surface area contributed by atoms with Crippen LogP contribution in [0.25, 0.3) is 0 Å². The molecule has 1 aromatic heterocycles. The largest absolute Gasteiger partial charge is 0.466 e. The first-order chi connectivity index (χ1) is 16.0. The highest BCUT2D eigenvalue weighted by molar-refractivity contribution is 5.85. The van der Waals surface area contributed by atoms with Crippen molar-refractivity contribution in [1.82, 2.24) is 21.0 Å². The molecule has 0 aliphatic heterocycles. The summed E-state index contributed by atoms with van der Waals surface area (Å²) in [7, 11) is 0. The Morgan fingerprint density at radius 2 is 1.85 bits per heavy atom. The first-order valence-electron chi connectivity index (χ1n) is 10.6. The molecule has 0 saturated carbocycles. The molecule has 5 N–H and O–H groups in total. The fourth-order valence-electron chi connectivity index (χ4n) is 3.19. The van der Waals surface area contributed by atoms with Crippen molar-refractivity contribution in [3.63, 3.8) is 0 Å². The Morgan fingerprint density at radius 3 is 2.52 bits per heavy atom. The van der Waals surface area contributed by atoms with E-state index in [2.05, 4.69) is 26.0 Å². The molecule has 2 rings (SSSR count). The third-order valence-corrected chi connectivity index (χ3v) is 4.74.